The van der Waals surface area contributed by atoms with Crippen LogP contribution in [-0.2, 0) is 24.0 Å². The van der Waals surface area contributed by atoms with Crippen LogP contribution in [0.1, 0.15) is 13.8 Å². The van der Waals surface area contributed by atoms with E-state index in [4.69, 9.17) is 5.11 Å². The molecule has 0 heterocycles. The van der Waals surface area contributed by atoms with Gasteiger partial charge < -0.3 is 26.0 Å². The van der Waals surface area contributed by atoms with Crippen LogP contribution in [0.4, 0.5) is 0 Å². The number of hydrogen-bond acceptors (Lipinski definition) is 7. The first kappa shape index (κ1) is 23.1. The van der Waals surface area contributed by atoms with Gasteiger partial charge in [0.1, 0.15) is 6.04 Å². The van der Waals surface area contributed by atoms with E-state index in [1.54, 1.807) is 0 Å². The normalized spacial score (nSPS) is 11.2. The van der Waals surface area contributed by atoms with Gasteiger partial charge in [-0.25, -0.2) is 4.79 Å². The highest BCUT2D eigenvalue weighted by Gasteiger charge is 2.28. The van der Waals surface area contributed by atoms with E-state index < -0.39 is 36.3 Å². The Kier molecular flexibility index (Phi) is 11.4. The molecule has 10 nitrogen and oxygen atoms in total. The van der Waals surface area contributed by atoms with Gasteiger partial charge in [0.05, 0.1) is 24.8 Å². The van der Waals surface area contributed by atoms with Gasteiger partial charge in [-0.15, -0.1) is 11.8 Å². The van der Waals surface area contributed by atoms with Crippen molar-refractivity contribution in [3.8, 4) is 0 Å². The van der Waals surface area contributed by atoms with Crippen molar-refractivity contribution in [2.45, 2.75) is 19.9 Å². The second kappa shape index (κ2) is 12.4. The Morgan fingerprint density at radius 2 is 1.68 bits per heavy atom. The first-order valence-electron chi connectivity index (χ1n) is 7.15. The third-order valence-electron chi connectivity index (χ3n) is 2.75. The number of rotatable bonds is 11. The lowest BCUT2D eigenvalue weighted by atomic mass is 10.3. The number of thioether (sulfide) groups is 1. The van der Waals surface area contributed by atoms with Gasteiger partial charge in [-0.1, -0.05) is 0 Å². The molecule has 0 fully saturated rings. The summed E-state index contributed by atoms with van der Waals surface area (Å²) in [7, 11) is 0. The van der Waals surface area contributed by atoms with Gasteiger partial charge in [-0.3, -0.25) is 19.2 Å². The van der Waals surface area contributed by atoms with Crippen molar-refractivity contribution in [1.29, 1.82) is 0 Å². The maximum atomic E-state index is 12.2. The number of aliphatic carboxylic acids is 1. The highest BCUT2D eigenvalue weighted by molar-refractivity contribution is 7.99. The fourth-order valence-electron chi connectivity index (χ4n) is 1.50. The fraction of sp³-hybridized carbons (Fsp3) is 0.615. The molecule has 0 aromatic rings. The Bertz CT molecular complexity index is 517. The lowest BCUT2D eigenvalue weighted by Gasteiger charge is -2.28. The molecule has 25 heavy (non-hydrogen) atoms. The van der Waals surface area contributed by atoms with Crippen LogP contribution in [0.3, 0.4) is 0 Å². The van der Waals surface area contributed by atoms with E-state index in [-0.39, 0.29) is 30.0 Å². The number of carboxylic acid groups (broad SMARTS) is 1. The molecule has 0 radical (unpaired) electrons. The van der Waals surface area contributed by atoms with Crippen LogP contribution in [-0.4, -0.2) is 76.2 Å². The van der Waals surface area contributed by atoms with Crippen molar-refractivity contribution in [2.75, 3.05) is 30.6 Å². The van der Waals surface area contributed by atoms with Crippen LogP contribution in [0, 0.1) is 0 Å². The summed E-state index contributed by atoms with van der Waals surface area (Å²) in [6.07, 6.45) is 0. The van der Waals surface area contributed by atoms with Crippen molar-refractivity contribution in [1.82, 2.24) is 20.9 Å². The molecule has 4 N–H and O–H groups in total. The molecule has 0 aliphatic carbocycles. The summed E-state index contributed by atoms with van der Waals surface area (Å²) < 4.78 is 0. The van der Waals surface area contributed by atoms with Crippen molar-refractivity contribution >= 4 is 54.0 Å². The van der Waals surface area contributed by atoms with Crippen LogP contribution in [0.15, 0.2) is 0 Å². The zero-order valence-corrected chi connectivity index (χ0v) is 15.6. The minimum Gasteiger partial charge on any atom is -0.480 e. The highest BCUT2D eigenvalue weighted by atomic mass is 32.2. The molecule has 0 aliphatic heterocycles. The Labute approximate surface area is 154 Å². The molecule has 1 atom stereocenters. The maximum Gasteiger partial charge on any atom is 0.327 e. The second-order valence-corrected chi connectivity index (χ2v) is 6.14. The standard InChI is InChI=1S/C13H22N4O6S2/c1-8(18)15-6-17(10(4-24)13(22)23)12(21)3-14-11(20)5-25-7-16-9(2)19/h10,24H,3-7H2,1-2H3,(H,14,20)(H,15,18)(H,16,19)(H,22,23). The molecule has 1 unspecified atom stereocenters. The van der Waals surface area contributed by atoms with E-state index in [2.05, 4.69) is 28.6 Å². The van der Waals surface area contributed by atoms with Crippen LogP contribution in [0.2, 0.25) is 0 Å². The number of carbonyl (C=O) groups excluding carboxylic acids is 4. The van der Waals surface area contributed by atoms with Gasteiger partial charge >= 0.3 is 5.97 Å². The smallest absolute Gasteiger partial charge is 0.327 e. The van der Waals surface area contributed by atoms with Crippen molar-refractivity contribution in [2.24, 2.45) is 0 Å². The van der Waals surface area contributed by atoms with Crippen LogP contribution in [0.5, 0.6) is 0 Å². The zero-order valence-electron chi connectivity index (χ0n) is 13.9. The average Bonchev–Trinajstić information content (AvgIpc) is 2.52. The molecule has 0 aliphatic rings. The largest absolute Gasteiger partial charge is 0.480 e. The number of nitrogens with one attached hydrogen (secondary N) is 3. The molecule has 0 aromatic heterocycles. The van der Waals surface area contributed by atoms with E-state index in [9.17, 15) is 24.0 Å². The van der Waals surface area contributed by atoms with Crippen molar-refractivity contribution in [3.05, 3.63) is 0 Å². The van der Waals surface area contributed by atoms with E-state index in [1.165, 1.54) is 13.8 Å². The van der Waals surface area contributed by atoms with Gasteiger partial charge in [0, 0.05) is 19.6 Å². The van der Waals surface area contributed by atoms with Gasteiger partial charge in [-0.2, -0.15) is 12.6 Å². The molecule has 0 bridgehead atoms. The Hall–Kier alpha value is -1.95. The molecule has 0 saturated heterocycles. The summed E-state index contributed by atoms with van der Waals surface area (Å²) in [4.78, 5) is 57.6. The first-order chi connectivity index (χ1) is 11.7. The summed E-state index contributed by atoms with van der Waals surface area (Å²) in [5, 5.41) is 16.4. The zero-order chi connectivity index (χ0) is 19.4. The predicted octanol–water partition coefficient (Wildman–Crippen LogP) is -1.77. The molecular formula is C13H22N4O6S2. The summed E-state index contributed by atoms with van der Waals surface area (Å²) in [5.74, 6) is -2.91. The molecule has 12 heteroatoms. The van der Waals surface area contributed by atoms with Gasteiger partial charge in [0.15, 0.2) is 0 Å². The predicted molar refractivity (Wildman–Crippen MR) is 95.0 cm³/mol. The summed E-state index contributed by atoms with van der Waals surface area (Å²) in [6, 6.07) is -1.24. The molecule has 0 aromatic carbocycles. The Morgan fingerprint density at radius 3 is 2.16 bits per heavy atom. The number of carbonyl (C=O) groups is 5. The third kappa shape index (κ3) is 10.5. The van der Waals surface area contributed by atoms with Crippen molar-refractivity contribution < 1.29 is 29.1 Å². The molecule has 0 saturated carbocycles. The summed E-state index contributed by atoms with van der Waals surface area (Å²) in [6.45, 7) is 1.85. The molecule has 0 spiro atoms. The minimum atomic E-state index is -1.27. The number of hydrogen-bond donors (Lipinski definition) is 5. The molecular weight excluding hydrogens is 372 g/mol. The Balaban J connectivity index is 4.54. The van der Waals surface area contributed by atoms with Gasteiger partial charge in [-0.05, 0) is 0 Å². The van der Waals surface area contributed by atoms with Crippen LogP contribution < -0.4 is 16.0 Å². The topological polar surface area (TPSA) is 145 Å². The average molecular weight is 394 g/mol. The SMILES string of the molecule is CC(=O)NCSCC(=O)NCC(=O)N(CNC(C)=O)C(CS)C(=O)O. The third-order valence-corrected chi connectivity index (χ3v) is 3.91. The highest BCUT2D eigenvalue weighted by Crippen LogP contribution is 2.03. The lowest BCUT2D eigenvalue weighted by molar-refractivity contribution is -0.149. The number of carboxylic acids is 1. The van der Waals surface area contributed by atoms with Crippen molar-refractivity contribution in [3.63, 3.8) is 0 Å². The quantitative estimate of drug-likeness (QED) is 0.158. The van der Waals surface area contributed by atoms with Gasteiger partial charge in [0.2, 0.25) is 23.6 Å². The molecule has 142 valence electrons. The van der Waals surface area contributed by atoms with E-state index in [0.717, 1.165) is 16.7 Å². The number of amides is 4. The molecule has 0 rings (SSSR count). The monoisotopic (exact) mass is 394 g/mol. The maximum absolute atomic E-state index is 12.2. The second-order valence-electron chi connectivity index (χ2n) is 4.79. The minimum absolute atomic E-state index is 0.0220. The van der Waals surface area contributed by atoms with Crippen LogP contribution in [0.25, 0.3) is 0 Å². The fourth-order valence-corrected chi connectivity index (χ4v) is 2.55. The lowest BCUT2D eigenvalue weighted by Crippen LogP contribution is -2.53. The van der Waals surface area contributed by atoms with Crippen LogP contribution >= 0.6 is 24.4 Å². The van der Waals surface area contributed by atoms with E-state index in [1.807, 2.05) is 0 Å². The first-order valence-corrected chi connectivity index (χ1v) is 8.94. The summed E-state index contributed by atoms with van der Waals surface area (Å²) in [5.41, 5.74) is 0. The van der Waals surface area contributed by atoms with E-state index in [0.29, 0.717) is 0 Å². The Morgan fingerprint density at radius 1 is 1.08 bits per heavy atom. The molecule has 4 amide bonds. The number of thiol groups is 1. The number of nitrogens with zero attached hydrogens (tertiary/aromatic N) is 1. The van der Waals surface area contributed by atoms with E-state index >= 15 is 0 Å². The van der Waals surface area contributed by atoms with Gasteiger partial charge in [0.25, 0.3) is 0 Å². The summed E-state index contributed by atoms with van der Waals surface area (Å²) >= 11 is 5.05.